The monoisotopic (exact) mass is 425 g/mol. The lowest BCUT2D eigenvalue weighted by Crippen LogP contribution is -2.36. The van der Waals surface area contributed by atoms with Crippen molar-refractivity contribution in [1.29, 1.82) is 0 Å². The van der Waals surface area contributed by atoms with Crippen molar-refractivity contribution >= 4 is 16.9 Å². The first-order valence-electron chi connectivity index (χ1n) is 11.0. The van der Waals surface area contributed by atoms with Gasteiger partial charge in [-0.05, 0) is 42.3 Å². The first-order valence-corrected chi connectivity index (χ1v) is 11.0. The summed E-state index contributed by atoms with van der Waals surface area (Å²) >= 11 is 0. The van der Waals surface area contributed by atoms with Gasteiger partial charge in [-0.2, -0.15) is 0 Å². The van der Waals surface area contributed by atoms with Crippen molar-refractivity contribution < 1.29 is 13.9 Å². The summed E-state index contributed by atoms with van der Waals surface area (Å²) in [5.74, 6) is 1.95. The normalized spacial score (nSPS) is 17.9. The Balaban J connectivity index is 1.40. The number of hydrogen-bond acceptors (Lipinski definition) is 8. The van der Waals surface area contributed by atoms with Gasteiger partial charge in [0, 0.05) is 24.7 Å². The zero-order valence-electron chi connectivity index (χ0n) is 17.7. The fourth-order valence-electron chi connectivity index (χ4n) is 4.48. The third-order valence-electron chi connectivity index (χ3n) is 6.24. The SMILES string of the molecule is Cc1c(OCc2nnnn2C2CCCCC2)ccc2c(=O)cc(N3CCOCC3)oc12. The number of rotatable bonds is 5. The molecule has 1 aliphatic carbocycles. The van der Waals surface area contributed by atoms with Crippen molar-refractivity contribution in [2.45, 2.75) is 51.7 Å². The third-order valence-corrected chi connectivity index (χ3v) is 6.24. The van der Waals surface area contributed by atoms with E-state index in [4.69, 9.17) is 13.9 Å². The maximum Gasteiger partial charge on any atom is 0.200 e. The van der Waals surface area contributed by atoms with Crippen LogP contribution in [0.4, 0.5) is 5.88 Å². The molecule has 0 amide bonds. The second-order valence-corrected chi connectivity index (χ2v) is 8.23. The largest absolute Gasteiger partial charge is 0.485 e. The van der Waals surface area contributed by atoms with Crippen LogP contribution >= 0.6 is 0 Å². The molecule has 31 heavy (non-hydrogen) atoms. The van der Waals surface area contributed by atoms with E-state index in [1.807, 2.05) is 22.6 Å². The van der Waals surface area contributed by atoms with E-state index in [1.54, 1.807) is 12.1 Å². The topological polar surface area (TPSA) is 95.5 Å². The summed E-state index contributed by atoms with van der Waals surface area (Å²) in [6, 6.07) is 5.48. The number of hydrogen-bond donors (Lipinski definition) is 0. The maximum absolute atomic E-state index is 12.7. The van der Waals surface area contributed by atoms with Crippen molar-refractivity contribution in [1.82, 2.24) is 20.2 Å². The number of benzene rings is 1. The van der Waals surface area contributed by atoms with Gasteiger partial charge in [0.1, 0.15) is 17.9 Å². The van der Waals surface area contributed by atoms with Gasteiger partial charge >= 0.3 is 0 Å². The molecule has 2 aliphatic rings. The van der Waals surface area contributed by atoms with Gasteiger partial charge in [-0.15, -0.1) is 5.10 Å². The zero-order chi connectivity index (χ0) is 21.2. The third kappa shape index (κ3) is 4.01. The van der Waals surface area contributed by atoms with Crippen LogP contribution in [0.1, 0.15) is 49.5 Å². The number of morpholine rings is 1. The molecular formula is C22H27N5O4. The van der Waals surface area contributed by atoms with Crippen LogP contribution in [0.15, 0.2) is 27.4 Å². The van der Waals surface area contributed by atoms with E-state index in [0.29, 0.717) is 54.9 Å². The molecule has 1 aliphatic heterocycles. The van der Waals surface area contributed by atoms with E-state index in [2.05, 4.69) is 15.5 Å². The summed E-state index contributed by atoms with van der Waals surface area (Å²) in [5.41, 5.74) is 1.29. The molecule has 9 heteroatoms. The average Bonchev–Trinajstić information content (AvgIpc) is 3.29. The number of aryl methyl sites for hydroxylation is 1. The highest BCUT2D eigenvalue weighted by molar-refractivity contribution is 5.82. The van der Waals surface area contributed by atoms with E-state index < -0.39 is 0 Å². The lowest BCUT2D eigenvalue weighted by molar-refractivity contribution is 0.121. The van der Waals surface area contributed by atoms with E-state index in [1.165, 1.54) is 19.3 Å². The number of aromatic nitrogens is 4. The van der Waals surface area contributed by atoms with Crippen molar-refractivity contribution in [2.24, 2.45) is 0 Å². The highest BCUT2D eigenvalue weighted by atomic mass is 16.5. The number of tetrazole rings is 1. The predicted molar refractivity (Wildman–Crippen MR) is 115 cm³/mol. The zero-order valence-corrected chi connectivity index (χ0v) is 17.7. The molecule has 164 valence electrons. The van der Waals surface area contributed by atoms with Crippen LogP contribution in [0.5, 0.6) is 5.75 Å². The molecule has 0 radical (unpaired) electrons. The highest BCUT2D eigenvalue weighted by Gasteiger charge is 2.21. The van der Waals surface area contributed by atoms with Gasteiger partial charge in [-0.3, -0.25) is 4.79 Å². The molecule has 0 atom stereocenters. The van der Waals surface area contributed by atoms with Crippen molar-refractivity contribution in [3.63, 3.8) is 0 Å². The molecule has 5 rings (SSSR count). The summed E-state index contributed by atoms with van der Waals surface area (Å²) in [4.78, 5) is 14.7. The number of anilines is 1. The lowest BCUT2D eigenvalue weighted by atomic mass is 9.96. The Bertz CT molecular complexity index is 1110. The predicted octanol–water partition coefficient (Wildman–Crippen LogP) is 3.01. The van der Waals surface area contributed by atoms with Crippen LogP contribution in [0, 0.1) is 6.92 Å². The van der Waals surface area contributed by atoms with Crippen LogP contribution in [-0.2, 0) is 11.3 Å². The molecular weight excluding hydrogens is 398 g/mol. The average molecular weight is 425 g/mol. The minimum absolute atomic E-state index is 0.0568. The standard InChI is InChI=1S/C22H27N5O4/c1-15-19(30-14-20-23-24-25-27(20)16-5-3-2-4-6-16)8-7-17-18(28)13-21(31-22(15)17)26-9-11-29-12-10-26/h7-8,13,16H,2-6,9-12,14H2,1H3. The molecule has 1 saturated carbocycles. The molecule has 9 nitrogen and oxygen atoms in total. The Hall–Kier alpha value is -2.94. The summed E-state index contributed by atoms with van der Waals surface area (Å²) in [6.07, 6.45) is 5.89. The van der Waals surface area contributed by atoms with Gasteiger partial charge in [-0.25, -0.2) is 4.68 Å². The Morgan fingerprint density at radius 2 is 1.97 bits per heavy atom. The number of ether oxygens (including phenoxy) is 2. The van der Waals surface area contributed by atoms with Gasteiger partial charge in [0.05, 0.1) is 24.6 Å². The van der Waals surface area contributed by atoms with E-state index in [0.717, 1.165) is 24.2 Å². The lowest BCUT2D eigenvalue weighted by Gasteiger charge is -2.27. The van der Waals surface area contributed by atoms with Gasteiger partial charge in [0.2, 0.25) is 0 Å². The molecule has 0 spiro atoms. The van der Waals surface area contributed by atoms with Crippen LogP contribution < -0.4 is 15.1 Å². The first kappa shape index (κ1) is 20.0. The van der Waals surface area contributed by atoms with Crippen LogP contribution in [0.25, 0.3) is 11.0 Å². The molecule has 1 saturated heterocycles. The molecule has 3 aromatic rings. The Kier molecular flexibility index (Phi) is 5.59. The second-order valence-electron chi connectivity index (χ2n) is 8.23. The number of nitrogens with zero attached hydrogens (tertiary/aromatic N) is 5. The molecule has 0 N–H and O–H groups in total. The van der Waals surface area contributed by atoms with Gasteiger partial charge in [0.25, 0.3) is 0 Å². The first-order chi connectivity index (χ1) is 15.2. The van der Waals surface area contributed by atoms with Crippen molar-refractivity contribution in [3.05, 3.63) is 39.8 Å². The fourth-order valence-corrected chi connectivity index (χ4v) is 4.48. The summed E-state index contributed by atoms with van der Waals surface area (Å²) in [5, 5.41) is 12.8. The Labute approximate surface area is 179 Å². The maximum atomic E-state index is 12.7. The van der Waals surface area contributed by atoms with Crippen LogP contribution in [0.3, 0.4) is 0 Å². The molecule has 2 aromatic heterocycles. The summed E-state index contributed by atoms with van der Waals surface area (Å²) in [6.45, 7) is 4.83. The quantitative estimate of drug-likeness (QED) is 0.616. The van der Waals surface area contributed by atoms with E-state index in [-0.39, 0.29) is 12.0 Å². The fraction of sp³-hybridized carbons (Fsp3) is 0.545. The van der Waals surface area contributed by atoms with E-state index >= 15 is 0 Å². The number of fused-ring (bicyclic) bond motifs is 1. The molecule has 1 aromatic carbocycles. The van der Waals surface area contributed by atoms with Crippen LogP contribution in [0.2, 0.25) is 0 Å². The van der Waals surface area contributed by atoms with Gasteiger partial charge in [0.15, 0.2) is 17.1 Å². The van der Waals surface area contributed by atoms with Crippen molar-refractivity contribution in [2.75, 3.05) is 31.2 Å². The molecule has 0 bridgehead atoms. The highest BCUT2D eigenvalue weighted by Crippen LogP contribution is 2.31. The minimum Gasteiger partial charge on any atom is -0.485 e. The molecule has 3 heterocycles. The van der Waals surface area contributed by atoms with Gasteiger partial charge in [-0.1, -0.05) is 19.3 Å². The van der Waals surface area contributed by atoms with Gasteiger partial charge < -0.3 is 18.8 Å². The molecule has 2 fully saturated rings. The summed E-state index contributed by atoms with van der Waals surface area (Å²) in [7, 11) is 0. The van der Waals surface area contributed by atoms with Crippen molar-refractivity contribution in [3.8, 4) is 5.75 Å². The summed E-state index contributed by atoms with van der Waals surface area (Å²) < 4.78 is 19.6. The molecule has 0 unspecified atom stereocenters. The second kappa shape index (κ2) is 8.66. The Morgan fingerprint density at radius 1 is 1.16 bits per heavy atom. The Morgan fingerprint density at radius 3 is 2.77 bits per heavy atom. The smallest absolute Gasteiger partial charge is 0.200 e. The van der Waals surface area contributed by atoms with Crippen LogP contribution in [-0.4, -0.2) is 46.5 Å². The minimum atomic E-state index is -0.0568. The van der Waals surface area contributed by atoms with E-state index in [9.17, 15) is 4.79 Å².